The lowest BCUT2D eigenvalue weighted by atomic mass is 9.90. The zero-order chi connectivity index (χ0) is 35.2. The third-order valence-electron chi connectivity index (χ3n) is 8.54. The molecular formula is C36H49N5O7. The van der Waals surface area contributed by atoms with Crippen molar-refractivity contribution in [3.05, 3.63) is 71.8 Å². The molecule has 48 heavy (non-hydrogen) atoms. The topological polar surface area (TPSA) is 188 Å². The molecule has 1 fully saturated rings. The molecule has 0 aromatic heterocycles. The number of carbonyl (C=O) groups is 6. The highest BCUT2D eigenvalue weighted by Gasteiger charge is 2.35. The number of hydrogen-bond donors (Lipinski definition) is 5. The van der Waals surface area contributed by atoms with E-state index in [0.29, 0.717) is 32.2 Å². The molecule has 260 valence electrons. The summed E-state index contributed by atoms with van der Waals surface area (Å²) in [6.45, 7) is 5.98. The van der Waals surface area contributed by atoms with Crippen LogP contribution in [0.3, 0.4) is 0 Å². The predicted octanol–water partition coefficient (Wildman–Crippen LogP) is 2.34. The van der Waals surface area contributed by atoms with Crippen LogP contribution in [0.2, 0.25) is 0 Å². The van der Waals surface area contributed by atoms with Gasteiger partial charge in [0.25, 0.3) is 0 Å². The Kier molecular flexibility index (Phi) is 14.6. The fourth-order valence-corrected chi connectivity index (χ4v) is 6.20. The van der Waals surface area contributed by atoms with Crippen LogP contribution < -0.4 is 21.7 Å². The smallest absolute Gasteiger partial charge is 0.305 e. The summed E-state index contributed by atoms with van der Waals surface area (Å²) in [4.78, 5) is 78.0. The van der Waals surface area contributed by atoms with Gasteiger partial charge in [0.1, 0.15) is 18.1 Å². The molecule has 1 saturated heterocycles. The number of nitrogens with one attached hydrogen (secondary N) is 3. The molecule has 1 aliphatic heterocycles. The Morgan fingerprint density at radius 1 is 0.833 bits per heavy atom. The van der Waals surface area contributed by atoms with Crippen LogP contribution in [0.25, 0.3) is 0 Å². The lowest BCUT2D eigenvalue weighted by Gasteiger charge is -2.31. The Balaban J connectivity index is 1.82. The van der Waals surface area contributed by atoms with Gasteiger partial charge in [0.2, 0.25) is 29.5 Å². The Morgan fingerprint density at radius 2 is 1.42 bits per heavy atom. The van der Waals surface area contributed by atoms with Crippen LogP contribution in [-0.4, -0.2) is 76.2 Å². The first-order chi connectivity index (χ1) is 22.8. The minimum absolute atomic E-state index is 0.0975. The summed E-state index contributed by atoms with van der Waals surface area (Å²) in [5.74, 6) is -4.15. The number of carboxylic acid groups (broad SMARTS) is 1. The molecule has 5 amide bonds. The zero-order valence-electron chi connectivity index (χ0n) is 28.0. The van der Waals surface area contributed by atoms with Crippen LogP contribution in [0.15, 0.2) is 60.7 Å². The second-order valence-corrected chi connectivity index (χ2v) is 13.0. The molecule has 1 heterocycles. The van der Waals surface area contributed by atoms with Gasteiger partial charge in [-0.05, 0) is 55.6 Å². The summed E-state index contributed by atoms with van der Waals surface area (Å²) in [5.41, 5.74) is 7.05. The quantitative estimate of drug-likeness (QED) is 0.162. The number of primary amides is 1. The van der Waals surface area contributed by atoms with Gasteiger partial charge in [0.05, 0.1) is 6.42 Å². The van der Waals surface area contributed by atoms with E-state index < -0.39 is 48.2 Å². The summed E-state index contributed by atoms with van der Waals surface area (Å²) in [6.07, 6.45) is 2.87. The highest BCUT2D eigenvalue weighted by atomic mass is 16.4. The van der Waals surface area contributed by atoms with Gasteiger partial charge in [-0.1, -0.05) is 74.5 Å². The standard InChI is InChI=1S/C36H49N5O7/c1-23(2)19-31(38-24(3)42)36(48)41-18-10-15-28(41)17-16-27(20-25-11-6-4-7-12-25)34(46)40-30(21-26-13-8-5-9-14-26)35(47)39-29(33(37)45)22-32(43)44/h4-9,11-14,23,27-31H,10,15-22H2,1-3H3,(H2,37,45)(H,38,42)(H,39,47)(H,40,46)(H,43,44)/t27-,28+,29+,30-,31+/m1/s1. The number of carboxylic acids is 1. The van der Waals surface area contributed by atoms with Crippen LogP contribution in [0.5, 0.6) is 0 Å². The van der Waals surface area contributed by atoms with Gasteiger partial charge >= 0.3 is 5.97 Å². The lowest BCUT2D eigenvalue weighted by Crippen LogP contribution is -2.55. The third kappa shape index (κ3) is 12.1. The molecule has 2 aromatic carbocycles. The minimum Gasteiger partial charge on any atom is -0.481 e. The van der Waals surface area contributed by atoms with Gasteiger partial charge < -0.3 is 31.7 Å². The maximum absolute atomic E-state index is 14.0. The average Bonchev–Trinajstić information content (AvgIpc) is 3.50. The number of likely N-dealkylation sites (tertiary alicyclic amines) is 1. The monoisotopic (exact) mass is 663 g/mol. The van der Waals surface area contributed by atoms with Gasteiger partial charge in [0.15, 0.2) is 0 Å². The maximum Gasteiger partial charge on any atom is 0.305 e. The Morgan fingerprint density at radius 3 is 1.96 bits per heavy atom. The summed E-state index contributed by atoms with van der Waals surface area (Å²) < 4.78 is 0. The van der Waals surface area contributed by atoms with Gasteiger partial charge in [-0.25, -0.2) is 0 Å². The average molecular weight is 664 g/mol. The summed E-state index contributed by atoms with van der Waals surface area (Å²) >= 11 is 0. The van der Waals surface area contributed by atoms with E-state index in [1.54, 1.807) is 24.3 Å². The summed E-state index contributed by atoms with van der Waals surface area (Å²) in [7, 11) is 0. The first kappa shape index (κ1) is 37.7. The largest absolute Gasteiger partial charge is 0.481 e. The van der Waals surface area contributed by atoms with Gasteiger partial charge in [-0.2, -0.15) is 0 Å². The molecule has 2 aromatic rings. The Hall–Kier alpha value is -4.74. The van der Waals surface area contributed by atoms with Crippen molar-refractivity contribution in [2.45, 2.75) is 96.3 Å². The van der Waals surface area contributed by atoms with Crippen molar-refractivity contribution >= 4 is 35.5 Å². The highest BCUT2D eigenvalue weighted by molar-refractivity contribution is 5.93. The molecule has 1 aliphatic rings. The molecule has 0 spiro atoms. The lowest BCUT2D eigenvalue weighted by molar-refractivity contribution is -0.140. The van der Waals surface area contributed by atoms with Crippen LogP contribution >= 0.6 is 0 Å². The van der Waals surface area contributed by atoms with E-state index in [4.69, 9.17) is 5.73 Å². The van der Waals surface area contributed by atoms with Crippen LogP contribution in [0, 0.1) is 11.8 Å². The van der Waals surface area contributed by atoms with Crippen molar-refractivity contribution in [1.82, 2.24) is 20.9 Å². The summed E-state index contributed by atoms with van der Waals surface area (Å²) in [6, 6.07) is 15.2. The van der Waals surface area contributed by atoms with E-state index in [1.807, 2.05) is 55.1 Å². The molecule has 5 atom stereocenters. The molecule has 12 heteroatoms. The minimum atomic E-state index is -1.45. The van der Waals surface area contributed by atoms with E-state index >= 15 is 0 Å². The molecule has 0 bridgehead atoms. The number of hydrogen-bond acceptors (Lipinski definition) is 6. The van der Waals surface area contributed by atoms with Crippen molar-refractivity contribution in [3.63, 3.8) is 0 Å². The molecule has 6 N–H and O–H groups in total. The molecule has 0 unspecified atom stereocenters. The van der Waals surface area contributed by atoms with E-state index in [2.05, 4.69) is 16.0 Å². The van der Waals surface area contributed by atoms with Gasteiger partial charge in [-0.15, -0.1) is 0 Å². The third-order valence-corrected chi connectivity index (χ3v) is 8.54. The second kappa shape index (κ2) is 18.6. The number of aliphatic carboxylic acids is 1. The highest BCUT2D eigenvalue weighted by Crippen LogP contribution is 2.26. The Labute approximate surface area is 282 Å². The number of rotatable bonds is 18. The van der Waals surface area contributed by atoms with E-state index in [0.717, 1.165) is 24.0 Å². The molecule has 12 nitrogen and oxygen atoms in total. The summed E-state index contributed by atoms with van der Waals surface area (Å²) in [5, 5.41) is 17.3. The first-order valence-corrected chi connectivity index (χ1v) is 16.6. The number of nitrogens with two attached hydrogens (primary N) is 1. The number of benzene rings is 2. The van der Waals surface area contributed by atoms with Crippen LogP contribution in [0.1, 0.15) is 70.4 Å². The number of amides is 5. The first-order valence-electron chi connectivity index (χ1n) is 16.6. The van der Waals surface area contributed by atoms with Gasteiger partial charge in [0, 0.05) is 31.8 Å². The Bertz CT molecular complexity index is 1400. The van der Waals surface area contributed by atoms with Crippen LogP contribution in [-0.2, 0) is 41.6 Å². The van der Waals surface area contributed by atoms with E-state index in [-0.39, 0.29) is 36.1 Å². The molecular weight excluding hydrogens is 614 g/mol. The van der Waals surface area contributed by atoms with Crippen LogP contribution in [0.4, 0.5) is 0 Å². The fourth-order valence-electron chi connectivity index (χ4n) is 6.20. The van der Waals surface area contributed by atoms with Gasteiger partial charge in [-0.3, -0.25) is 28.8 Å². The normalized spacial score (nSPS) is 16.8. The van der Waals surface area contributed by atoms with E-state index in [9.17, 15) is 33.9 Å². The SMILES string of the molecule is CC(=O)N[C@@H](CC(C)C)C(=O)N1CCC[C@H]1CC[C@H](Cc1ccccc1)C(=O)N[C@H](Cc1ccccc1)C(=O)N[C@@H](CC(=O)O)C(N)=O. The zero-order valence-corrected chi connectivity index (χ0v) is 28.0. The van der Waals surface area contributed by atoms with Crippen molar-refractivity contribution in [2.75, 3.05) is 6.54 Å². The number of carbonyl (C=O) groups excluding carboxylic acids is 5. The van der Waals surface area contributed by atoms with Crippen molar-refractivity contribution in [3.8, 4) is 0 Å². The predicted molar refractivity (Wildman–Crippen MR) is 180 cm³/mol. The fraction of sp³-hybridized carbons (Fsp3) is 0.500. The number of nitrogens with zero attached hydrogens (tertiary/aromatic N) is 1. The molecule has 0 saturated carbocycles. The molecule has 3 rings (SSSR count). The molecule has 0 radical (unpaired) electrons. The van der Waals surface area contributed by atoms with E-state index in [1.165, 1.54) is 6.92 Å². The maximum atomic E-state index is 14.0. The van der Waals surface area contributed by atoms with Crippen molar-refractivity contribution in [2.24, 2.45) is 17.6 Å². The second-order valence-electron chi connectivity index (χ2n) is 13.0. The van der Waals surface area contributed by atoms with Crippen molar-refractivity contribution < 1.29 is 33.9 Å². The molecule has 0 aliphatic carbocycles. The van der Waals surface area contributed by atoms with Crippen molar-refractivity contribution in [1.29, 1.82) is 0 Å².